The Balaban J connectivity index is 1.13. The number of Topliss-reactive ketones (excluding diaryl/α,β-unsaturated/α-hetero) is 1. The molecule has 7 rings (SSSR count). The zero-order valence-electron chi connectivity index (χ0n) is 33.6. The zero-order chi connectivity index (χ0) is 38.0. The quantitative estimate of drug-likeness (QED) is 0.184. The maximum absolute atomic E-state index is 14.0. The average Bonchev–Trinajstić information content (AvgIpc) is 3.34. The molecule has 1 aliphatic heterocycles. The van der Waals surface area contributed by atoms with Crippen molar-refractivity contribution in [2.75, 3.05) is 26.2 Å². The number of nitrogens with two attached hydrogens (primary N) is 1. The Kier molecular flexibility index (Phi) is 9.13. The first kappa shape index (κ1) is 38.5. The van der Waals surface area contributed by atoms with Gasteiger partial charge in [0.15, 0.2) is 5.78 Å². The van der Waals surface area contributed by atoms with Crippen LogP contribution in [0.4, 0.5) is 0 Å². The molecule has 0 aromatic rings. The van der Waals surface area contributed by atoms with Crippen LogP contribution in [0.25, 0.3) is 0 Å². The van der Waals surface area contributed by atoms with Gasteiger partial charge in [-0.25, -0.2) is 0 Å². The highest BCUT2D eigenvalue weighted by Gasteiger charge is 2.71. The van der Waals surface area contributed by atoms with Gasteiger partial charge in [0.2, 0.25) is 0 Å². The number of fused-ring (bicyclic) bond motifs is 7. The van der Waals surface area contributed by atoms with Crippen molar-refractivity contribution >= 4 is 17.7 Å². The van der Waals surface area contributed by atoms with Crippen molar-refractivity contribution in [1.82, 2.24) is 10.6 Å². The van der Waals surface area contributed by atoms with Crippen LogP contribution in [0, 0.1) is 68.0 Å². The summed E-state index contributed by atoms with van der Waals surface area (Å²) in [6.45, 7) is 23.1. The van der Waals surface area contributed by atoms with Gasteiger partial charge in [0.05, 0.1) is 23.5 Å². The molecule has 0 aromatic heterocycles. The lowest BCUT2D eigenvalue weighted by Crippen LogP contribution is -2.70. The molecule has 9 nitrogen and oxygen atoms in total. The van der Waals surface area contributed by atoms with E-state index in [1.54, 1.807) is 0 Å². The molecule has 7 aliphatic rings. The third kappa shape index (κ3) is 5.23. The van der Waals surface area contributed by atoms with Crippen molar-refractivity contribution < 1.29 is 29.3 Å². The van der Waals surface area contributed by atoms with Crippen LogP contribution in [-0.2, 0) is 19.1 Å². The highest BCUT2D eigenvalue weighted by molar-refractivity contribution is 6.00. The van der Waals surface area contributed by atoms with E-state index >= 15 is 0 Å². The summed E-state index contributed by atoms with van der Waals surface area (Å²) in [5, 5.41) is 28.5. The van der Waals surface area contributed by atoms with Crippen LogP contribution in [0.2, 0.25) is 0 Å². The normalized spacial score (nSPS) is 44.7. The number of ketones is 1. The predicted molar refractivity (Wildman–Crippen MR) is 201 cm³/mol. The molecule has 11 atom stereocenters. The molecule has 1 saturated heterocycles. The van der Waals surface area contributed by atoms with E-state index in [9.17, 15) is 24.6 Å². The summed E-state index contributed by atoms with van der Waals surface area (Å²) in [7, 11) is 0. The lowest BCUT2D eigenvalue weighted by molar-refractivity contribution is -0.238. The zero-order valence-corrected chi connectivity index (χ0v) is 33.6. The minimum atomic E-state index is -0.827. The number of carboxylic acids is 1. The Morgan fingerprint density at radius 3 is 2.19 bits per heavy atom. The number of aliphatic carboxylic acids is 1. The Bertz CT molecular complexity index is 1530. The minimum absolute atomic E-state index is 0.00347. The number of rotatable bonds is 9. The summed E-state index contributed by atoms with van der Waals surface area (Å²) in [6.07, 6.45) is 7.96. The SMILES string of the molecule is CC(C)C1=C2[C@H]3CC[C@@H]4[C@@]5(C)CC[C@H](OC(=O)[C@H]6C[C@@H](C(=O)O)C6(C)C)C(C)(C)[C@@H]5CC[C@@]4(C)[C@]3(C)CC[C@@]2([C@@H](O)CNCC2(N)CNC2)CC1=O. The third-order valence-corrected chi connectivity index (χ3v) is 17.9. The summed E-state index contributed by atoms with van der Waals surface area (Å²) in [5.41, 5.74) is 7.35. The molecule has 9 heteroatoms. The molecule has 292 valence electrons. The van der Waals surface area contributed by atoms with E-state index in [1.165, 1.54) is 5.57 Å². The van der Waals surface area contributed by atoms with Gasteiger partial charge < -0.3 is 31.3 Å². The molecular formula is C43H69N3O6. The number of esters is 1. The fourth-order valence-electron chi connectivity index (χ4n) is 14.5. The average molecular weight is 724 g/mol. The molecule has 6 fully saturated rings. The van der Waals surface area contributed by atoms with Crippen LogP contribution in [0.5, 0.6) is 0 Å². The number of allylic oxidation sites excluding steroid dienone is 1. The van der Waals surface area contributed by atoms with Crippen LogP contribution in [0.15, 0.2) is 11.1 Å². The number of aliphatic hydroxyl groups is 1. The molecule has 52 heavy (non-hydrogen) atoms. The number of nitrogens with one attached hydrogen (secondary N) is 2. The van der Waals surface area contributed by atoms with E-state index in [0.29, 0.717) is 37.8 Å². The summed E-state index contributed by atoms with van der Waals surface area (Å²) in [5.74, 6) is -0.385. The predicted octanol–water partition coefficient (Wildman–Crippen LogP) is 5.88. The molecule has 0 unspecified atom stereocenters. The highest BCUT2D eigenvalue weighted by Crippen LogP contribution is 2.77. The Hall–Kier alpha value is -1.81. The van der Waals surface area contributed by atoms with E-state index < -0.39 is 28.8 Å². The second kappa shape index (κ2) is 12.3. The van der Waals surface area contributed by atoms with Crippen LogP contribution in [0.3, 0.4) is 0 Å². The fourth-order valence-corrected chi connectivity index (χ4v) is 14.5. The first-order valence-electron chi connectivity index (χ1n) is 20.7. The van der Waals surface area contributed by atoms with E-state index in [1.807, 2.05) is 13.8 Å². The van der Waals surface area contributed by atoms with Gasteiger partial charge in [-0.15, -0.1) is 0 Å². The Morgan fingerprint density at radius 1 is 0.904 bits per heavy atom. The van der Waals surface area contributed by atoms with Crippen molar-refractivity contribution in [3.63, 3.8) is 0 Å². The largest absolute Gasteiger partial charge is 0.481 e. The number of carbonyl (C=O) groups excluding carboxylic acids is 2. The first-order chi connectivity index (χ1) is 24.1. The van der Waals surface area contributed by atoms with Gasteiger partial charge in [0.25, 0.3) is 0 Å². The fraction of sp³-hybridized carbons (Fsp3) is 0.884. The van der Waals surface area contributed by atoms with Crippen molar-refractivity contribution in [1.29, 1.82) is 0 Å². The molecule has 0 spiro atoms. The van der Waals surface area contributed by atoms with Crippen molar-refractivity contribution in [2.24, 2.45) is 73.7 Å². The molecule has 5 saturated carbocycles. The standard InChI is InChI=1S/C43H69N3O6/c1-24(2)33-28(47)19-43(31(48)20-45-21-42(44)22-46-23-42)17-16-40(8)25(34(33)43)10-11-30-39(7)14-13-32(38(5,6)29(39)12-15-41(30,40)9)52-36(51)27-18-26(35(49)50)37(27,3)4/h24-27,29-32,45-46,48H,10-23,44H2,1-9H3,(H,49,50)/t25-,26+,27-,29+,30-,31+,32+,39+,40-,41-,43+/m1/s1. The number of hydrogen-bond acceptors (Lipinski definition) is 8. The molecule has 6 N–H and O–H groups in total. The number of hydrogen-bond donors (Lipinski definition) is 5. The van der Waals surface area contributed by atoms with Crippen LogP contribution >= 0.6 is 0 Å². The van der Waals surface area contributed by atoms with Gasteiger partial charge in [-0.1, -0.05) is 67.9 Å². The summed E-state index contributed by atoms with van der Waals surface area (Å²) in [6, 6.07) is 0. The van der Waals surface area contributed by atoms with Crippen molar-refractivity contribution in [2.45, 2.75) is 144 Å². The topological polar surface area (TPSA) is 151 Å². The molecule has 6 aliphatic carbocycles. The van der Waals surface area contributed by atoms with Crippen molar-refractivity contribution in [3.8, 4) is 0 Å². The van der Waals surface area contributed by atoms with Crippen molar-refractivity contribution in [3.05, 3.63) is 11.1 Å². The number of aliphatic hydroxyl groups excluding tert-OH is 1. The lowest BCUT2D eigenvalue weighted by atomic mass is 9.33. The van der Waals surface area contributed by atoms with Gasteiger partial charge in [-0.3, -0.25) is 14.4 Å². The second-order valence-corrected chi connectivity index (χ2v) is 21.3. The summed E-state index contributed by atoms with van der Waals surface area (Å²) >= 11 is 0. The third-order valence-electron chi connectivity index (χ3n) is 17.9. The molecule has 0 amide bonds. The number of carbonyl (C=O) groups is 3. The second-order valence-electron chi connectivity index (χ2n) is 21.3. The smallest absolute Gasteiger partial charge is 0.309 e. The lowest BCUT2D eigenvalue weighted by Gasteiger charge is -2.72. The molecular weight excluding hydrogens is 654 g/mol. The van der Waals surface area contributed by atoms with Crippen LogP contribution in [0.1, 0.15) is 127 Å². The van der Waals surface area contributed by atoms with Gasteiger partial charge in [0, 0.05) is 43.4 Å². The monoisotopic (exact) mass is 724 g/mol. The molecule has 1 heterocycles. The first-order valence-corrected chi connectivity index (χ1v) is 20.7. The Morgan fingerprint density at radius 2 is 1.60 bits per heavy atom. The van der Waals surface area contributed by atoms with Gasteiger partial charge in [0.1, 0.15) is 6.10 Å². The molecule has 0 radical (unpaired) electrons. The Labute approximate surface area is 312 Å². The van der Waals surface area contributed by atoms with Gasteiger partial charge in [-0.2, -0.15) is 0 Å². The van der Waals surface area contributed by atoms with Crippen LogP contribution in [-0.4, -0.2) is 71.9 Å². The summed E-state index contributed by atoms with van der Waals surface area (Å²) in [4.78, 5) is 39.4. The van der Waals surface area contributed by atoms with E-state index in [2.05, 4.69) is 59.1 Å². The van der Waals surface area contributed by atoms with E-state index in [-0.39, 0.29) is 62.8 Å². The summed E-state index contributed by atoms with van der Waals surface area (Å²) < 4.78 is 6.41. The highest BCUT2D eigenvalue weighted by atomic mass is 16.5. The maximum atomic E-state index is 14.0. The van der Waals surface area contributed by atoms with E-state index in [0.717, 1.165) is 70.0 Å². The van der Waals surface area contributed by atoms with Gasteiger partial charge >= 0.3 is 11.9 Å². The van der Waals surface area contributed by atoms with Crippen LogP contribution < -0.4 is 16.4 Å². The van der Waals surface area contributed by atoms with E-state index in [4.69, 9.17) is 10.5 Å². The van der Waals surface area contributed by atoms with Gasteiger partial charge in [-0.05, 0) is 109 Å². The number of ether oxygens (including phenoxy) is 1. The molecule has 0 bridgehead atoms. The molecule has 0 aromatic carbocycles. The maximum Gasteiger partial charge on any atom is 0.309 e. The number of carboxylic acid groups (broad SMARTS) is 1. The minimum Gasteiger partial charge on any atom is -0.481 e.